The van der Waals surface area contributed by atoms with E-state index in [4.69, 9.17) is 4.74 Å². The van der Waals surface area contributed by atoms with Crippen molar-refractivity contribution >= 4 is 40.5 Å². The SMILES string of the molecule is C[C@@H]1CCc2sc(C(=O)OCC(=O)N3c4ccccc4NC(=O)C[C@@H]3C)cc2C1. The molecule has 2 atom stereocenters. The number of carbonyl (C=O) groups is 3. The predicted octanol–water partition coefficient (Wildman–Crippen LogP) is 3.79. The molecule has 2 aromatic rings. The first-order chi connectivity index (χ1) is 13.9. The summed E-state index contributed by atoms with van der Waals surface area (Å²) in [7, 11) is 0. The van der Waals surface area contributed by atoms with Crippen LogP contribution in [0.25, 0.3) is 0 Å². The minimum atomic E-state index is -0.463. The number of ether oxygens (including phenoxy) is 1. The molecule has 2 amide bonds. The summed E-state index contributed by atoms with van der Waals surface area (Å²) < 4.78 is 5.35. The van der Waals surface area contributed by atoms with Crippen LogP contribution < -0.4 is 10.2 Å². The zero-order chi connectivity index (χ0) is 20.5. The lowest BCUT2D eigenvalue weighted by molar-refractivity contribution is -0.122. The number of esters is 1. The second-order valence-corrected chi connectivity index (χ2v) is 9.00. The maximum atomic E-state index is 12.9. The van der Waals surface area contributed by atoms with Crippen molar-refractivity contribution in [3.05, 3.63) is 45.6 Å². The lowest BCUT2D eigenvalue weighted by Crippen LogP contribution is -2.41. The molecule has 7 heteroatoms. The molecule has 1 aliphatic heterocycles. The maximum Gasteiger partial charge on any atom is 0.348 e. The van der Waals surface area contributed by atoms with E-state index in [-0.39, 0.29) is 30.9 Å². The molecule has 1 aromatic carbocycles. The molecule has 0 bridgehead atoms. The highest BCUT2D eigenvalue weighted by atomic mass is 32.1. The van der Waals surface area contributed by atoms with Crippen molar-refractivity contribution in [2.24, 2.45) is 5.92 Å². The second-order valence-electron chi connectivity index (χ2n) is 7.87. The number of anilines is 2. The molecule has 4 rings (SSSR count). The van der Waals surface area contributed by atoms with Gasteiger partial charge < -0.3 is 15.0 Å². The number of para-hydroxylation sites is 2. The van der Waals surface area contributed by atoms with Crippen molar-refractivity contribution in [2.75, 3.05) is 16.8 Å². The van der Waals surface area contributed by atoms with Crippen LogP contribution in [0.5, 0.6) is 0 Å². The van der Waals surface area contributed by atoms with E-state index in [0.717, 1.165) is 19.3 Å². The number of nitrogens with zero attached hydrogens (tertiary/aromatic N) is 1. The fraction of sp³-hybridized carbons (Fsp3) is 0.409. The van der Waals surface area contributed by atoms with Gasteiger partial charge in [-0.15, -0.1) is 11.3 Å². The molecule has 2 aliphatic rings. The summed E-state index contributed by atoms with van der Waals surface area (Å²) in [6.45, 7) is 3.68. The quantitative estimate of drug-likeness (QED) is 0.778. The van der Waals surface area contributed by atoms with E-state index >= 15 is 0 Å². The molecule has 152 valence electrons. The Balaban J connectivity index is 1.47. The van der Waals surface area contributed by atoms with Gasteiger partial charge in [-0.2, -0.15) is 0 Å². The summed E-state index contributed by atoms with van der Waals surface area (Å²) in [6.07, 6.45) is 3.31. The molecule has 6 nitrogen and oxygen atoms in total. The van der Waals surface area contributed by atoms with Crippen LogP contribution in [0.1, 0.15) is 46.8 Å². The molecule has 0 fully saturated rings. The molecule has 1 aromatic heterocycles. The summed E-state index contributed by atoms with van der Waals surface area (Å²) in [4.78, 5) is 40.9. The largest absolute Gasteiger partial charge is 0.451 e. The van der Waals surface area contributed by atoms with E-state index in [9.17, 15) is 14.4 Å². The smallest absolute Gasteiger partial charge is 0.348 e. The van der Waals surface area contributed by atoms with Crippen LogP contribution in [-0.2, 0) is 27.2 Å². The Morgan fingerprint density at radius 2 is 2.03 bits per heavy atom. The Morgan fingerprint density at radius 1 is 1.24 bits per heavy atom. The van der Waals surface area contributed by atoms with Gasteiger partial charge in [0.1, 0.15) is 4.88 Å². The third-order valence-electron chi connectivity index (χ3n) is 5.49. The lowest BCUT2D eigenvalue weighted by Gasteiger charge is -2.27. The molecular weight excluding hydrogens is 388 g/mol. The first-order valence-corrected chi connectivity index (χ1v) is 10.7. The average molecular weight is 413 g/mol. The first-order valence-electron chi connectivity index (χ1n) is 9.92. The molecule has 1 aliphatic carbocycles. The van der Waals surface area contributed by atoms with Gasteiger partial charge in [0.15, 0.2) is 6.61 Å². The molecule has 0 saturated heterocycles. The van der Waals surface area contributed by atoms with Gasteiger partial charge in [-0.3, -0.25) is 9.59 Å². The van der Waals surface area contributed by atoms with Gasteiger partial charge >= 0.3 is 5.97 Å². The molecule has 0 saturated carbocycles. The fourth-order valence-corrected chi connectivity index (χ4v) is 5.14. The molecular formula is C22H24N2O4S. The van der Waals surface area contributed by atoms with Crippen molar-refractivity contribution in [1.82, 2.24) is 0 Å². The van der Waals surface area contributed by atoms with Gasteiger partial charge in [0, 0.05) is 17.3 Å². The number of hydrogen-bond donors (Lipinski definition) is 1. The van der Waals surface area contributed by atoms with Crippen LogP contribution in [0, 0.1) is 5.92 Å². The Bertz CT molecular complexity index is 967. The summed E-state index contributed by atoms with van der Waals surface area (Å²) >= 11 is 1.47. The van der Waals surface area contributed by atoms with E-state index in [1.165, 1.54) is 21.8 Å². The normalized spacial score (nSPS) is 20.9. The highest BCUT2D eigenvalue weighted by molar-refractivity contribution is 7.14. The number of hydrogen-bond acceptors (Lipinski definition) is 5. The topological polar surface area (TPSA) is 75.7 Å². The number of amides is 2. The Kier molecular flexibility index (Phi) is 5.41. The summed E-state index contributed by atoms with van der Waals surface area (Å²) in [5, 5.41) is 2.82. The third-order valence-corrected chi connectivity index (χ3v) is 6.70. The zero-order valence-electron chi connectivity index (χ0n) is 16.6. The predicted molar refractivity (Wildman–Crippen MR) is 112 cm³/mol. The summed E-state index contributed by atoms with van der Waals surface area (Å²) in [5.74, 6) is -0.320. The van der Waals surface area contributed by atoms with Gasteiger partial charge in [0.2, 0.25) is 5.91 Å². The van der Waals surface area contributed by atoms with Gasteiger partial charge in [-0.25, -0.2) is 4.79 Å². The van der Waals surface area contributed by atoms with E-state index in [1.807, 2.05) is 19.1 Å². The van der Waals surface area contributed by atoms with Crippen LogP contribution in [0.2, 0.25) is 0 Å². The molecule has 29 heavy (non-hydrogen) atoms. The van der Waals surface area contributed by atoms with Crippen molar-refractivity contribution in [3.8, 4) is 0 Å². The van der Waals surface area contributed by atoms with Crippen LogP contribution in [-0.4, -0.2) is 30.4 Å². The lowest BCUT2D eigenvalue weighted by atomic mass is 9.90. The average Bonchev–Trinajstić information content (AvgIpc) is 3.05. The van der Waals surface area contributed by atoms with Crippen molar-refractivity contribution in [2.45, 2.75) is 45.6 Å². The highest BCUT2D eigenvalue weighted by Gasteiger charge is 2.30. The van der Waals surface area contributed by atoms with Crippen LogP contribution in [0.3, 0.4) is 0 Å². The van der Waals surface area contributed by atoms with Gasteiger partial charge in [-0.05, 0) is 55.9 Å². The highest BCUT2D eigenvalue weighted by Crippen LogP contribution is 2.33. The standard InChI is InChI=1S/C22H24N2O4S/c1-13-7-8-18-15(9-13)11-19(29-18)22(27)28-12-21(26)24-14(2)10-20(25)23-16-5-3-4-6-17(16)24/h3-6,11,13-14H,7-10,12H2,1-2H3,(H,23,25)/t13-,14+/m1/s1. The number of thiophene rings is 1. The summed E-state index contributed by atoms with van der Waals surface area (Å²) in [6, 6.07) is 8.74. The van der Waals surface area contributed by atoms with E-state index < -0.39 is 5.97 Å². The second kappa shape index (κ2) is 7.99. The third kappa shape index (κ3) is 4.05. The Hall–Kier alpha value is -2.67. The molecule has 0 radical (unpaired) electrons. The molecule has 0 unspecified atom stereocenters. The van der Waals surface area contributed by atoms with Crippen LogP contribution in [0.4, 0.5) is 11.4 Å². The Labute approximate surface area is 173 Å². The summed E-state index contributed by atoms with van der Waals surface area (Å²) in [5.41, 5.74) is 2.43. The zero-order valence-corrected chi connectivity index (χ0v) is 17.4. The van der Waals surface area contributed by atoms with E-state index in [2.05, 4.69) is 12.2 Å². The number of rotatable bonds is 3. The first kappa shape index (κ1) is 19.6. The van der Waals surface area contributed by atoms with E-state index in [0.29, 0.717) is 22.2 Å². The van der Waals surface area contributed by atoms with Crippen LogP contribution >= 0.6 is 11.3 Å². The molecule has 2 heterocycles. The molecule has 0 spiro atoms. The number of aryl methyl sites for hydroxylation is 1. The van der Waals surface area contributed by atoms with Gasteiger partial charge in [0.05, 0.1) is 11.4 Å². The van der Waals surface area contributed by atoms with E-state index in [1.54, 1.807) is 23.1 Å². The monoisotopic (exact) mass is 412 g/mol. The van der Waals surface area contributed by atoms with Crippen molar-refractivity contribution < 1.29 is 19.1 Å². The minimum absolute atomic E-state index is 0.143. The van der Waals surface area contributed by atoms with Crippen LogP contribution in [0.15, 0.2) is 30.3 Å². The van der Waals surface area contributed by atoms with Gasteiger partial charge in [0.25, 0.3) is 5.91 Å². The Morgan fingerprint density at radius 3 is 2.86 bits per heavy atom. The van der Waals surface area contributed by atoms with Crippen molar-refractivity contribution in [3.63, 3.8) is 0 Å². The number of nitrogens with one attached hydrogen (secondary N) is 1. The number of benzene rings is 1. The minimum Gasteiger partial charge on any atom is -0.451 e. The maximum absolute atomic E-state index is 12.9. The van der Waals surface area contributed by atoms with Crippen molar-refractivity contribution in [1.29, 1.82) is 0 Å². The van der Waals surface area contributed by atoms with Gasteiger partial charge in [-0.1, -0.05) is 19.1 Å². The number of carbonyl (C=O) groups excluding carboxylic acids is 3. The number of fused-ring (bicyclic) bond motifs is 2. The molecule has 1 N–H and O–H groups in total. The fourth-order valence-electron chi connectivity index (χ4n) is 4.04.